The van der Waals surface area contributed by atoms with Crippen molar-refractivity contribution in [3.8, 4) is 5.75 Å². The Labute approximate surface area is 163 Å². The molecule has 7 heteroatoms. The third-order valence-corrected chi connectivity index (χ3v) is 6.24. The molecule has 3 atom stereocenters. The van der Waals surface area contributed by atoms with Gasteiger partial charge in [-0.25, -0.2) is 0 Å². The molecular weight excluding hydrogens is 362 g/mol. The first-order valence-corrected chi connectivity index (χ1v) is 10.5. The first kappa shape index (κ1) is 18.3. The third kappa shape index (κ3) is 4.64. The number of nitrogens with zero attached hydrogens (tertiary/aromatic N) is 2. The molecule has 2 fully saturated rings. The van der Waals surface area contributed by atoms with E-state index in [0.29, 0.717) is 28.8 Å². The van der Waals surface area contributed by atoms with E-state index < -0.39 is 0 Å². The van der Waals surface area contributed by atoms with Crippen molar-refractivity contribution in [1.29, 1.82) is 0 Å². The molecule has 0 saturated heterocycles. The molecule has 2 aliphatic carbocycles. The molecule has 1 amide bonds. The lowest BCUT2D eigenvalue weighted by Crippen LogP contribution is -2.39. The van der Waals surface area contributed by atoms with Crippen LogP contribution in [0.4, 0.5) is 0 Å². The standard InChI is InChI=1S/C20H25N3O3S/c1-12-5-13(2)7-16(6-12)25-10-19-22-23-20(26-19)27-11-18(24)21-17-9-14-3-4-15(17)8-14/h5-7,14-15,17H,3-4,8-11H2,1-2H3,(H,21,24)/t14-,15+,17-/m0/s1. The van der Waals surface area contributed by atoms with E-state index >= 15 is 0 Å². The van der Waals surface area contributed by atoms with Gasteiger partial charge in [-0.2, -0.15) is 0 Å². The second-order valence-corrected chi connectivity index (χ2v) is 8.64. The lowest BCUT2D eigenvalue weighted by Gasteiger charge is -2.22. The van der Waals surface area contributed by atoms with Crippen LogP contribution in [-0.4, -0.2) is 27.9 Å². The highest BCUT2D eigenvalue weighted by Gasteiger charge is 2.40. The van der Waals surface area contributed by atoms with Crippen LogP contribution in [0.1, 0.15) is 42.7 Å². The summed E-state index contributed by atoms with van der Waals surface area (Å²) in [4.78, 5) is 12.2. The van der Waals surface area contributed by atoms with E-state index in [4.69, 9.17) is 9.15 Å². The maximum atomic E-state index is 12.2. The second-order valence-electron chi connectivity index (χ2n) is 7.71. The van der Waals surface area contributed by atoms with Crippen LogP contribution >= 0.6 is 11.8 Å². The Bertz CT molecular complexity index is 802. The predicted octanol–water partition coefficient (Wildman–Crippen LogP) is 3.66. The number of carbonyl (C=O) groups excluding carboxylic acids is 1. The molecule has 0 radical (unpaired) electrons. The van der Waals surface area contributed by atoms with E-state index in [1.807, 2.05) is 26.0 Å². The van der Waals surface area contributed by atoms with Crippen molar-refractivity contribution in [3.63, 3.8) is 0 Å². The van der Waals surface area contributed by atoms with Crippen LogP contribution in [0.3, 0.4) is 0 Å². The van der Waals surface area contributed by atoms with E-state index in [1.165, 1.54) is 31.0 Å². The van der Waals surface area contributed by atoms with Crippen LogP contribution in [0.15, 0.2) is 27.8 Å². The van der Waals surface area contributed by atoms with Crippen molar-refractivity contribution in [3.05, 3.63) is 35.2 Å². The smallest absolute Gasteiger partial charge is 0.277 e. The highest BCUT2D eigenvalue weighted by atomic mass is 32.2. The number of carbonyl (C=O) groups is 1. The fraction of sp³-hybridized carbons (Fsp3) is 0.550. The number of aromatic nitrogens is 2. The number of aryl methyl sites for hydroxylation is 2. The minimum atomic E-state index is 0.0452. The van der Waals surface area contributed by atoms with E-state index in [2.05, 4.69) is 21.6 Å². The molecule has 0 unspecified atom stereocenters. The molecule has 1 N–H and O–H groups in total. The van der Waals surface area contributed by atoms with Gasteiger partial charge in [-0.1, -0.05) is 24.2 Å². The van der Waals surface area contributed by atoms with Crippen molar-refractivity contribution >= 4 is 17.7 Å². The fourth-order valence-corrected chi connectivity index (χ4v) is 4.90. The highest BCUT2D eigenvalue weighted by Crippen LogP contribution is 2.44. The van der Waals surface area contributed by atoms with E-state index in [9.17, 15) is 4.79 Å². The maximum Gasteiger partial charge on any atom is 0.277 e. The van der Waals surface area contributed by atoms with E-state index in [1.54, 1.807) is 0 Å². The van der Waals surface area contributed by atoms with E-state index in [0.717, 1.165) is 29.2 Å². The highest BCUT2D eigenvalue weighted by molar-refractivity contribution is 7.99. The average Bonchev–Trinajstić information content (AvgIpc) is 3.34. The lowest BCUT2D eigenvalue weighted by atomic mass is 9.95. The van der Waals surface area contributed by atoms with Crippen LogP contribution in [0.5, 0.6) is 5.75 Å². The minimum Gasteiger partial charge on any atom is -0.484 e. The molecule has 4 rings (SSSR count). The largest absolute Gasteiger partial charge is 0.484 e. The number of thioether (sulfide) groups is 1. The maximum absolute atomic E-state index is 12.2. The normalized spacial score (nSPS) is 23.6. The third-order valence-electron chi connectivity index (χ3n) is 5.42. The SMILES string of the molecule is Cc1cc(C)cc(OCc2nnc(SCC(=O)N[C@H]3C[C@H]4CC[C@@H]3C4)o2)c1. The van der Waals surface area contributed by atoms with E-state index in [-0.39, 0.29) is 12.5 Å². The molecule has 1 aromatic heterocycles. The Morgan fingerprint density at radius 3 is 2.74 bits per heavy atom. The zero-order valence-corrected chi connectivity index (χ0v) is 16.6. The number of amides is 1. The molecule has 27 heavy (non-hydrogen) atoms. The van der Waals surface area contributed by atoms with Gasteiger partial charge in [0.1, 0.15) is 5.75 Å². The number of rotatable bonds is 7. The Balaban J connectivity index is 1.22. The summed E-state index contributed by atoms with van der Waals surface area (Å²) in [5.41, 5.74) is 2.29. The molecule has 2 bridgehead atoms. The summed E-state index contributed by atoms with van der Waals surface area (Å²) >= 11 is 1.27. The molecule has 1 aromatic carbocycles. The topological polar surface area (TPSA) is 77.2 Å². The van der Waals surface area contributed by atoms with Crippen molar-refractivity contribution in [2.75, 3.05) is 5.75 Å². The number of hydrogen-bond acceptors (Lipinski definition) is 6. The minimum absolute atomic E-state index is 0.0452. The molecule has 2 saturated carbocycles. The van der Waals surface area contributed by atoms with Gasteiger partial charge in [0, 0.05) is 6.04 Å². The molecule has 2 aromatic rings. The Hall–Kier alpha value is -2.02. The fourth-order valence-electron chi connectivity index (χ4n) is 4.31. The van der Waals surface area contributed by atoms with Crippen LogP contribution in [-0.2, 0) is 11.4 Å². The first-order valence-electron chi connectivity index (χ1n) is 9.51. The van der Waals surface area contributed by atoms with Gasteiger partial charge in [0.25, 0.3) is 11.1 Å². The molecule has 2 aliphatic rings. The summed E-state index contributed by atoms with van der Waals surface area (Å²) in [6.07, 6.45) is 5.02. The van der Waals surface area contributed by atoms with Gasteiger partial charge >= 0.3 is 0 Å². The summed E-state index contributed by atoms with van der Waals surface area (Å²) < 4.78 is 11.3. The zero-order valence-electron chi connectivity index (χ0n) is 15.7. The summed E-state index contributed by atoms with van der Waals surface area (Å²) in [5.74, 6) is 3.04. The summed E-state index contributed by atoms with van der Waals surface area (Å²) in [5, 5.41) is 11.6. The quantitative estimate of drug-likeness (QED) is 0.731. The average molecular weight is 388 g/mol. The molecule has 1 heterocycles. The monoisotopic (exact) mass is 387 g/mol. The van der Waals surface area contributed by atoms with Gasteiger partial charge in [0.15, 0.2) is 6.61 Å². The summed E-state index contributed by atoms with van der Waals surface area (Å²) in [7, 11) is 0. The lowest BCUT2D eigenvalue weighted by molar-refractivity contribution is -0.119. The van der Waals surface area contributed by atoms with Gasteiger partial charge in [-0.3, -0.25) is 4.79 Å². The van der Waals surface area contributed by atoms with Crippen molar-refractivity contribution in [1.82, 2.24) is 15.5 Å². The van der Waals surface area contributed by atoms with Crippen LogP contribution in [0.25, 0.3) is 0 Å². The molecule has 0 spiro atoms. The van der Waals surface area contributed by atoms with Crippen molar-refractivity contribution in [2.24, 2.45) is 11.8 Å². The second kappa shape index (κ2) is 7.92. The Kier molecular flexibility index (Phi) is 5.38. The van der Waals surface area contributed by atoms with Crippen LogP contribution in [0, 0.1) is 25.7 Å². The van der Waals surface area contributed by atoms with Gasteiger partial charge in [0.05, 0.1) is 5.75 Å². The number of benzene rings is 1. The van der Waals surface area contributed by atoms with Gasteiger partial charge in [-0.05, 0) is 68.2 Å². The van der Waals surface area contributed by atoms with Crippen LogP contribution < -0.4 is 10.1 Å². The predicted molar refractivity (Wildman–Crippen MR) is 103 cm³/mol. The van der Waals surface area contributed by atoms with Gasteiger partial charge in [-0.15, -0.1) is 10.2 Å². The van der Waals surface area contributed by atoms with Gasteiger partial charge < -0.3 is 14.5 Å². The summed E-state index contributed by atoms with van der Waals surface area (Å²) in [6.45, 7) is 4.28. The number of hydrogen-bond donors (Lipinski definition) is 1. The number of fused-ring (bicyclic) bond motifs is 2. The number of nitrogens with one attached hydrogen (secondary N) is 1. The molecule has 144 valence electrons. The Morgan fingerprint density at radius 2 is 2.04 bits per heavy atom. The molecular formula is C20H25N3O3S. The number of ether oxygens (including phenoxy) is 1. The van der Waals surface area contributed by atoms with Crippen LogP contribution in [0.2, 0.25) is 0 Å². The summed E-state index contributed by atoms with van der Waals surface area (Å²) in [6, 6.07) is 6.40. The first-order chi connectivity index (χ1) is 13.0. The molecule has 0 aliphatic heterocycles. The van der Waals surface area contributed by atoms with Crippen molar-refractivity contribution in [2.45, 2.75) is 57.4 Å². The van der Waals surface area contributed by atoms with Gasteiger partial charge in [0.2, 0.25) is 5.91 Å². The Morgan fingerprint density at radius 1 is 1.22 bits per heavy atom. The zero-order chi connectivity index (χ0) is 18.8. The molecule has 6 nitrogen and oxygen atoms in total. The van der Waals surface area contributed by atoms with Crippen molar-refractivity contribution < 1.29 is 13.9 Å².